The third kappa shape index (κ3) is 3.54. The van der Waals surface area contributed by atoms with Gasteiger partial charge >= 0.3 is 0 Å². The summed E-state index contributed by atoms with van der Waals surface area (Å²) >= 11 is 0. The molecule has 6 heteroatoms. The molecule has 2 aromatic heterocycles. The molecule has 0 saturated carbocycles. The Hall–Kier alpha value is -2.89. The molecule has 0 atom stereocenters. The van der Waals surface area contributed by atoms with Crippen molar-refractivity contribution in [2.24, 2.45) is 5.92 Å². The summed E-state index contributed by atoms with van der Waals surface area (Å²) in [5, 5.41) is 5.47. The van der Waals surface area contributed by atoms with Crippen LogP contribution in [0.15, 0.2) is 45.6 Å². The highest BCUT2D eigenvalue weighted by molar-refractivity contribution is 6.04. The highest BCUT2D eigenvalue weighted by Gasteiger charge is 2.21. The highest BCUT2D eigenvalue weighted by Crippen LogP contribution is 2.17. The number of carbonyl (C=O) groups is 1. The van der Waals surface area contributed by atoms with E-state index >= 15 is 0 Å². The molecule has 0 fully saturated rings. The van der Waals surface area contributed by atoms with Crippen LogP contribution in [0.5, 0.6) is 0 Å². The topological polar surface area (TPSA) is 68.3 Å². The van der Waals surface area contributed by atoms with Crippen molar-refractivity contribution >= 4 is 16.7 Å². The fraction of sp³-hybridized carbons (Fsp3) is 0.350. The number of aryl methyl sites for hydroxylation is 1. The van der Waals surface area contributed by atoms with Crippen LogP contribution >= 0.6 is 0 Å². The quantitative estimate of drug-likeness (QED) is 0.706. The molecule has 0 spiro atoms. The summed E-state index contributed by atoms with van der Waals surface area (Å²) in [5.74, 6) is 1.51. The predicted octanol–water partition coefficient (Wildman–Crippen LogP) is 3.23. The Kier molecular flexibility index (Phi) is 4.93. The van der Waals surface area contributed by atoms with Crippen molar-refractivity contribution in [1.29, 1.82) is 0 Å². The first kappa shape index (κ1) is 17.9. The fourth-order valence-electron chi connectivity index (χ4n) is 2.92. The molecular weight excluding hydrogens is 330 g/mol. The van der Waals surface area contributed by atoms with E-state index in [0.29, 0.717) is 29.6 Å². The predicted molar refractivity (Wildman–Crippen MR) is 100 cm³/mol. The zero-order valence-electron chi connectivity index (χ0n) is 15.5. The van der Waals surface area contributed by atoms with E-state index in [1.165, 1.54) is 4.68 Å². The average Bonchev–Trinajstić information content (AvgIpc) is 3.01. The van der Waals surface area contributed by atoms with E-state index in [-0.39, 0.29) is 23.1 Å². The minimum atomic E-state index is -0.243. The molecule has 0 aliphatic rings. The number of rotatable bonds is 5. The van der Waals surface area contributed by atoms with Crippen LogP contribution in [-0.2, 0) is 13.1 Å². The second-order valence-corrected chi connectivity index (χ2v) is 6.95. The van der Waals surface area contributed by atoms with Gasteiger partial charge in [-0.15, -0.1) is 0 Å². The zero-order chi connectivity index (χ0) is 18.8. The van der Waals surface area contributed by atoms with Crippen LogP contribution < -0.4 is 5.56 Å². The molecule has 1 aromatic carbocycles. The Labute approximate surface area is 152 Å². The summed E-state index contributed by atoms with van der Waals surface area (Å²) in [6.07, 6.45) is 0. The highest BCUT2D eigenvalue weighted by atomic mass is 16.3. The molecule has 0 radical (unpaired) electrons. The lowest BCUT2D eigenvalue weighted by Gasteiger charge is -2.18. The summed E-state index contributed by atoms with van der Waals surface area (Å²) in [5.41, 5.74) is 0.113. The first-order valence-corrected chi connectivity index (χ1v) is 8.67. The number of fused-ring (bicyclic) bond motifs is 1. The fourth-order valence-corrected chi connectivity index (χ4v) is 2.92. The molecule has 3 rings (SSSR count). The van der Waals surface area contributed by atoms with Crippen LogP contribution in [0.3, 0.4) is 0 Å². The maximum Gasteiger partial charge on any atom is 0.275 e. The van der Waals surface area contributed by atoms with Crippen molar-refractivity contribution in [3.8, 4) is 0 Å². The van der Waals surface area contributed by atoms with Gasteiger partial charge in [-0.25, -0.2) is 4.68 Å². The molecule has 0 bridgehead atoms. The van der Waals surface area contributed by atoms with Crippen molar-refractivity contribution in [3.63, 3.8) is 0 Å². The van der Waals surface area contributed by atoms with Gasteiger partial charge in [0.2, 0.25) is 0 Å². The number of hydrogen-bond acceptors (Lipinski definition) is 4. The van der Waals surface area contributed by atoms with Gasteiger partial charge in [-0.3, -0.25) is 9.59 Å². The van der Waals surface area contributed by atoms with Crippen molar-refractivity contribution in [1.82, 2.24) is 14.7 Å². The zero-order valence-corrected chi connectivity index (χ0v) is 15.5. The van der Waals surface area contributed by atoms with Gasteiger partial charge in [-0.1, -0.05) is 32.0 Å². The smallest absolute Gasteiger partial charge is 0.275 e. The van der Waals surface area contributed by atoms with E-state index in [4.69, 9.17) is 4.42 Å². The molecule has 0 aliphatic carbocycles. The summed E-state index contributed by atoms with van der Waals surface area (Å²) in [7, 11) is 1.70. The number of hydrogen-bond donors (Lipinski definition) is 0. The number of carbonyl (C=O) groups excluding carboxylic acids is 1. The van der Waals surface area contributed by atoms with Gasteiger partial charge in [0, 0.05) is 19.0 Å². The number of nitrogens with zero attached hydrogens (tertiary/aromatic N) is 3. The Morgan fingerprint density at radius 1 is 1.19 bits per heavy atom. The first-order chi connectivity index (χ1) is 12.4. The number of aromatic nitrogens is 2. The lowest BCUT2D eigenvalue weighted by atomic mass is 10.1. The first-order valence-electron chi connectivity index (χ1n) is 8.67. The maximum absolute atomic E-state index is 13.0. The minimum absolute atomic E-state index is 0.171. The normalized spacial score (nSPS) is 11.3. The van der Waals surface area contributed by atoms with E-state index < -0.39 is 0 Å². The number of amides is 1. The Balaban J connectivity index is 2.03. The Bertz CT molecular complexity index is 1000. The second-order valence-electron chi connectivity index (χ2n) is 6.95. The molecule has 3 aromatic rings. The average molecular weight is 353 g/mol. The molecule has 0 N–H and O–H groups in total. The van der Waals surface area contributed by atoms with Crippen molar-refractivity contribution in [2.45, 2.75) is 33.9 Å². The number of furan rings is 1. The molecule has 136 valence electrons. The second kappa shape index (κ2) is 7.15. The molecule has 0 aliphatic heterocycles. The van der Waals surface area contributed by atoms with Crippen LogP contribution in [0, 0.1) is 12.8 Å². The Morgan fingerprint density at radius 2 is 1.88 bits per heavy atom. The van der Waals surface area contributed by atoms with Crippen LogP contribution in [0.25, 0.3) is 10.8 Å². The van der Waals surface area contributed by atoms with Crippen molar-refractivity contribution in [3.05, 3.63) is 64.0 Å². The summed E-state index contributed by atoms with van der Waals surface area (Å²) in [6, 6.07) is 10.8. The monoisotopic (exact) mass is 353 g/mol. The van der Waals surface area contributed by atoms with Gasteiger partial charge in [0.05, 0.1) is 11.9 Å². The maximum atomic E-state index is 13.0. The largest absolute Gasteiger partial charge is 0.464 e. The van der Waals surface area contributed by atoms with E-state index in [1.54, 1.807) is 30.1 Å². The third-order valence-corrected chi connectivity index (χ3v) is 4.14. The van der Waals surface area contributed by atoms with Gasteiger partial charge in [0.15, 0.2) is 5.69 Å². The van der Waals surface area contributed by atoms with Crippen LogP contribution in [0.2, 0.25) is 0 Å². The van der Waals surface area contributed by atoms with Gasteiger partial charge in [0.25, 0.3) is 11.5 Å². The summed E-state index contributed by atoms with van der Waals surface area (Å²) in [6.45, 7) is 6.69. The molecule has 0 saturated heterocycles. The summed E-state index contributed by atoms with van der Waals surface area (Å²) in [4.78, 5) is 27.2. The van der Waals surface area contributed by atoms with Crippen LogP contribution in [0.4, 0.5) is 0 Å². The van der Waals surface area contributed by atoms with E-state index in [0.717, 1.165) is 5.76 Å². The van der Waals surface area contributed by atoms with Crippen molar-refractivity contribution < 1.29 is 9.21 Å². The van der Waals surface area contributed by atoms with E-state index in [1.807, 2.05) is 39.0 Å². The van der Waals surface area contributed by atoms with Crippen LogP contribution in [-0.4, -0.2) is 27.6 Å². The third-order valence-electron chi connectivity index (χ3n) is 4.14. The van der Waals surface area contributed by atoms with Gasteiger partial charge < -0.3 is 9.32 Å². The molecular formula is C20H23N3O3. The molecule has 0 unspecified atom stereocenters. The van der Waals surface area contributed by atoms with E-state index in [9.17, 15) is 9.59 Å². The van der Waals surface area contributed by atoms with Gasteiger partial charge in [0.1, 0.15) is 11.5 Å². The SMILES string of the molecule is Cc1ccc(CN(C)C(=O)c2nn(CC(C)C)c(=O)c3ccccc23)o1. The minimum Gasteiger partial charge on any atom is -0.464 e. The number of benzene rings is 1. The lowest BCUT2D eigenvalue weighted by molar-refractivity contribution is 0.0768. The van der Waals surface area contributed by atoms with Gasteiger partial charge in [-0.05, 0) is 31.0 Å². The molecule has 2 heterocycles. The molecule has 26 heavy (non-hydrogen) atoms. The lowest BCUT2D eigenvalue weighted by Crippen LogP contribution is -2.32. The van der Waals surface area contributed by atoms with Gasteiger partial charge in [-0.2, -0.15) is 5.10 Å². The summed E-state index contributed by atoms with van der Waals surface area (Å²) < 4.78 is 6.95. The van der Waals surface area contributed by atoms with Crippen LogP contribution in [0.1, 0.15) is 35.9 Å². The van der Waals surface area contributed by atoms with E-state index in [2.05, 4.69) is 5.10 Å². The van der Waals surface area contributed by atoms with Crippen molar-refractivity contribution in [2.75, 3.05) is 7.05 Å². The molecule has 6 nitrogen and oxygen atoms in total. The standard InChI is InChI=1S/C20H23N3O3/c1-13(2)11-23-19(24)17-8-6-5-7-16(17)18(21-23)20(25)22(4)12-15-10-9-14(3)26-15/h5-10,13H,11-12H2,1-4H3. The molecule has 1 amide bonds. The Morgan fingerprint density at radius 3 is 2.50 bits per heavy atom.